The Morgan fingerprint density at radius 1 is 1.08 bits per heavy atom. The van der Waals surface area contributed by atoms with Crippen LogP contribution in [0.3, 0.4) is 0 Å². The molecule has 1 aliphatic heterocycles. The van der Waals surface area contributed by atoms with Crippen molar-refractivity contribution in [1.82, 2.24) is 14.7 Å². The van der Waals surface area contributed by atoms with E-state index in [-0.39, 0.29) is 18.4 Å². The summed E-state index contributed by atoms with van der Waals surface area (Å²) in [6.07, 6.45) is 2.98. The number of hydrogen-bond donors (Lipinski definition) is 1. The van der Waals surface area contributed by atoms with Gasteiger partial charge < -0.3 is 10.0 Å². The number of hydrogen-bond acceptors (Lipinski definition) is 3. The second-order valence-electron chi connectivity index (χ2n) is 6.93. The van der Waals surface area contributed by atoms with Crippen LogP contribution in [-0.4, -0.2) is 38.8 Å². The highest BCUT2D eigenvalue weighted by Gasteiger charge is 2.28. The van der Waals surface area contributed by atoms with E-state index >= 15 is 0 Å². The van der Waals surface area contributed by atoms with Crippen LogP contribution < -0.4 is 0 Å². The number of aromatic nitrogens is 2. The van der Waals surface area contributed by atoms with Gasteiger partial charge in [-0.25, -0.2) is 0 Å². The zero-order chi connectivity index (χ0) is 17.9. The highest BCUT2D eigenvalue weighted by molar-refractivity contribution is 5.82. The first kappa shape index (κ1) is 16.8. The minimum absolute atomic E-state index is 0.0894. The van der Waals surface area contributed by atoms with Gasteiger partial charge >= 0.3 is 0 Å². The minimum atomic E-state index is -0.455. The first-order valence-electron chi connectivity index (χ1n) is 9.14. The highest BCUT2D eigenvalue weighted by Crippen LogP contribution is 2.30. The van der Waals surface area contributed by atoms with E-state index in [1.54, 1.807) is 10.9 Å². The zero-order valence-corrected chi connectivity index (χ0v) is 14.7. The molecule has 1 amide bonds. The van der Waals surface area contributed by atoms with Crippen LogP contribution in [0, 0.1) is 5.92 Å². The molecule has 0 radical (unpaired) electrons. The van der Waals surface area contributed by atoms with E-state index in [4.69, 9.17) is 0 Å². The molecule has 134 valence electrons. The van der Waals surface area contributed by atoms with Gasteiger partial charge in [-0.15, -0.1) is 0 Å². The maximum atomic E-state index is 12.7. The normalized spacial score (nSPS) is 16.7. The fourth-order valence-corrected chi connectivity index (χ4v) is 3.77. The predicted molar refractivity (Wildman–Crippen MR) is 100 cm³/mol. The zero-order valence-electron chi connectivity index (χ0n) is 14.7. The second kappa shape index (κ2) is 7.30. The summed E-state index contributed by atoms with van der Waals surface area (Å²) < 4.78 is 1.77. The van der Waals surface area contributed by atoms with Crippen LogP contribution in [0.15, 0.2) is 60.8 Å². The van der Waals surface area contributed by atoms with Gasteiger partial charge in [0, 0.05) is 18.5 Å². The van der Waals surface area contributed by atoms with Crippen molar-refractivity contribution in [2.24, 2.45) is 5.92 Å². The van der Waals surface area contributed by atoms with E-state index < -0.39 is 6.10 Å². The van der Waals surface area contributed by atoms with Gasteiger partial charge in [0.05, 0.1) is 17.8 Å². The number of aliphatic hydroxyl groups excluding tert-OH is 1. The van der Waals surface area contributed by atoms with Crippen LogP contribution in [0.5, 0.6) is 0 Å². The summed E-state index contributed by atoms with van der Waals surface area (Å²) >= 11 is 0. The average Bonchev–Trinajstić information content (AvgIpc) is 3.11. The van der Waals surface area contributed by atoms with E-state index in [1.807, 2.05) is 59.5 Å². The number of carbonyl (C=O) groups is 1. The molecule has 1 saturated heterocycles. The summed E-state index contributed by atoms with van der Waals surface area (Å²) in [6, 6.07) is 17.7. The van der Waals surface area contributed by atoms with E-state index in [1.165, 1.54) is 0 Å². The molecule has 26 heavy (non-hydrogen) atoms. The molecule has 3 aromatic rings. The van der Waals surface area contributed by atoms with Crippen LogP contribution in [0.2, 0.25) is 0 Å². The van der Waals surface area contributed by atoms with Crippen LogP contribution in [0.1, 0.15) is 24.5 Å². The number of likely N-dealkylation sites (tertiary alicyclic amines) is 1. The van der Waals surface area contributed by atoms with Crippen molar-refractivity contribution in [3.05, 3.63) is 66.4 Å². The smallest absolute Gasteiger partial charge is 0.244 e. The minimum Gasteiger partial charge on any atom is -0.388 e. The Bertz CT molecular complexity index is 882. The number of benzene rings is 2. The van der Waals surface area contributed by atoms with Crippen LogP contribution in [-0.2, 0) is 11.3 Å². The van der Waals surface area contributed by atoms with Crippen molar-refractivity contribution in [2.45, 2.75) is 25.5 Å². The van der Waals surface area contributed by atoms with Crippen molar-refractivity contribution in [1.29, 1.82) is 0 Å². The molecule has 2 aromatic carbocycles. The van der Waals surface area contributed by atoms with E-state index in [0.717, 1.165) is 29.3 Å². The molecule has 0 bridgehead atoms. The lowest BCUT2D eigenvalue weighted by atomic mass is 9.87. The SMILES string of the molecule is O=C(Cn1ncc2ccccc21)N1CCC(C(O)c2ccccc2)CC1. The molecule has 1 aliphatic rings. The molecule has 4 rings (SSSR count). The molecular weight excluding hydrogens is 326 g/mol. The summed E-state index contributed by atoms with van der Waals surface area (Å²) in [5.41, 5.74) is 1.94. The topological polar surface area (TPSA) is 58.4 Å². The number of nitrogens with zero attached hydrogens (tertiary/aromatic N) is 3. The van der Waals surface area contributed by atoms with Crippen molar-refractivity contribution in [3.8, 4) is 0 Å². The molecule has 5 nitrogen and oxygen atoms in total. The van der Waals surface area contributed by atoms with Crippen LogP contribution >= 0.6 is 0 Å². The number of amides is 1. The Hall–Kier alpha value is -2.66. The highest BCUT2D eigenvalue weighted by atomic mass is 16.3. The Labute approximate surface area is 152 Å². The first-order chi connectivity index (χ1) is 12.7. The van der Waals surface area contributed by atoms with Gasteiger partial charge in [0.2, 0.25) is 5.91 Å². The predicted octanol–water partition coefficient (Wildman–Crippen LogP) is 3.01. The van der Waals surface area contributed by atoms with Gasteiger partial charge in [-0.1, -0.05) is 48.5 Å². The van der Waals surface area contributed by atoms with Gasteiger partial charge in [-0.3, -0.25) is 9.48 Å². The van der Waals surface area contributed by atoms with Crippen LogP contribution in [0.25, 0.3) is 10.9 Å². The van der Waals surface area contributed by atoms with E-state index in [9.17, 15) is 9.90 Å². The second-order valence-corrected chi connectivity index (χ2v) is 6.93. The van der Waals surface area contributed by atoms with E-state index in [2.05, 4.69) is 5.10 Å². The molecule has 1 N–H and O–H groups in total. The monoisotopic (exact) mass is 349 g/mol. The molecular formula is C21H23N3O2. The molecule has 1 aromatic heterocycles. The maximum absolute atomic E-state index is 12.7. The Kier molecular flexibility index (Phi) is 4.71. The standard InChI is InChI=1S/C21H23N3O2/c25-20(15-24-19-9-5-4-8-18(19)14-22-24)23-12-10-17(11-13-23)21(26)16-6-2-1-3-7-16/h1-9,14,17,21,26H,10-13,15H2. The Balaban J connectivity index is 1.36. The number of piperidine rings is 1. The molecule has 1 fully saturated rings. The molecule has 0 spiro atoms. The summed E-state index contributed by atoms with van der Waals surface area (Å²) in [5.74, 6) is 0.290. The third-order valence-electron chi connectivity index (χ3n) is 5.32. The lowest BCUT2D eigenvalue weighted by molar-refractivity contribution is -0.134. The van der Waals surface area contributed by atoms with Crippen LogP contribution in [0.4, 0.5) is 0 Å². The fraction of sp³-hybridized carbons (Fsp3) is 0.333. The molecule has 5 heteroatoms. The van der Waals surface area contributed by atoms with Crippen molar-refractivity contribution in [3.63, 3.8) is 0 Å². The average molecular weight is 349 g/mol. The summed E-state index contributed by atoms with van der Waals surface area (Å²) in [5, 5.41) is 16.0. The maximum Gasteiger partial charge on any atom is 0.244 e. The van der Waals surface area contributed by atoms with Gasteiger partial charge in [0.1, 0.15) is 6.54 Å². The van der Waals surface area contributed by atoms with Gasteiger partial charge in [-0.05, 0) is 30.4 Å². The Morgan fingerprint density at radius 3 is 2.54 bits per heavy atom. The largest absolute Gasteiger partial charge is 0.388 e. The quantitative estimate of drug-likeness (QED) is 0.788. The lowest BCUT2D eigenvalue weighted by Gasteiger charge is -2.34. The van der Waals surface area contributed by atoms with Gasteiger partial charge in [0.25, 0.3) is 0 Å². The number of carbonyl (C=O) groups excluding carboxylic acids is 1. The van der Waals surface area contributed by atoms with Crippen molar-refractivity contribution >= 4 is 16.8 Å². The molecule has 1 unspecified atom stereocenters. The third-order valence-corrected chi connectivity index (χ3v) is 5.32. The van der Waals surface area contributed by atoms with Gasteiger partial charge in [-0.2, -0.15) is 5.10 Å². The number of fused-ring (bicyclic) bond motifs is 1. The molecule has 0 saturated carbocycles. The van der Waals surface area contributed by atoms with Crippen molar-refractivity contribution < 1.29 is 9.90 Å². The molecule has 1 atom stereocenters. The summed E-state index contributed by atoms with van der Waals surface area (Å²) in [4.78, 5) is 14.6. The molecule has 2 heterocycles. The van der Waals surface area contributed by atoms with Gasteiger partial charge in [0.15, 0.2) is 0 Å². The third kappa shape index (κ3) is 3.35. The number of rotatable bonds is 4. The van der Waals surface area contributed by atoms with Crippen molar-refractivity contribution in [2.75, 3.05) is 13.1 Å². The molecule has 0 aliphatic carbocycles. The lowest BCUT2D eigenvalue weighted by Crippen LogP contribution is -2.41. The Morgan fingerprint density at radius 2 is 1.77 bits per heavy atom. The summed E-state index contributed by atoms with van der Waals surface area (Å²) in [6.45, 7) is 1.64. The summed E-state index contributed by atoms with van der Waals surface area (Å²) in [7, 11) is 0. The number of para-hydroxylation sites is 1. The number of aliphatic hydroxyl groups is 1. The fourth-order valence-electron chi connectivity index (χ4n) is 3.77. The van der Waals surface area contributed by atoms with E-state index in [0.29, 0.717) is 13.1 Å². The first-order valence-corrected chi connectivity index (χ1v) is 9.14.